The first-order valence-corrected chi connectivity index (χ1v) is 6.00. The second-order valence-electron chi connectivity index (χ2n) is 4.32. The summed E-state index contributed by atoms with van der Waals surface area (Å²) in [7, 11) is 0. The van der Waals surface area contributed by atoms with E-state index in [0.717, 1.165) is 5.56 Å². The maximum absolute atomic E-state index is 11.3. The number of rotatable bonds is 4. The van der Waals surface area contributed by atoms with Gasteiger partial charge in [0.1, 0.15) is 11.5 Å². The third kappa shape index (κ3) is 3.11. The summed E-state index contributed by atoms with van der Waals surface area (Å²) in [6.45, 7) is 1.91. The highest BCUT2D eigenvalue weighted by atomic mass is 16.5. The number of para-hydroxylation sites is 1. The summed E-state index contributed by atoms with van der Waals surface area (Å²) in [6, 6.07) is 14.3. The normalized spacial score (nSPS) is 11.9. The molecule has 0 unspecified atom stereocenters. The van der Waals surface area contributed by atoms with Gasteiger partial charge in [0.2, 0.25) is 0 Å². The summed E-state index contributed by atoms with van der Waals surface area (Å²) in [4.78, 5) is 11.3. The van der Waals surface area contributed by atoms with E-state index in [0.29, 0.717) is 17.1 Å². The number of ether oxygens (including phenoxy) is 1. The Morgan fingerprint density at radius 1 is 1.11 bits per heavy atom. The van der Waals surface area contributed by atoms with E-state index in [1.54, 1.807) is 24.3 Å². The van der Waals surface area contributed by atoms with E-state index in [1.165, 1.54) is 0 Å². The minimum atomic E-state index is -0.511. The number of hydrogen-bond acceptors (Lipinski definition) is 3. The summed E-state index contributed by atoms with van der Waals surface area (Å²) >= 11 is 0. The summed E-state index contributed by atoms with van der Waals surface area (Å²) in [5.41, 5.74) is 12.5. The van der Waals surface area contributed by atoms with E-state index in [4.69, 9.17) is 16.2 Å². The van der Waals surface area contributed by atoms with Crippen molar-refractivity contribution in [3.8, 4) is 11.5 Å². The Morgan fingerprint density at radius 2 is 1.74 bits per heavy atom. The average Bonchev–Trinajstić information content (AvgIpc) is 2.39. The van der Waals surface area contributed by atoms with Crippen LogP contribution in [0.3, 0.4) is 0 Å². The van der Waals surface area contributed by atoms with E-state index in [2.05, 4.69) is 0 Å². The molecule has 1 amide bonds. The molecule has 2 aromatic rings. The lowest BCUT2D eigenvalue weighted by atomic mass is 10.1. The number of carbonyl (C=O) groups is 1. The fraction of sp³-hybridized carbons (Fsp3) is 0.133. The van der Waals surface area contributed by atoms with Gasteiger partial charge in [-0.2, -0.15) is 0 Å². The lowest BCUT2D eigenvalue weighted by Gasteiger charge is -2.10. The van der Waals surface area contributed by atoms with E-state index in [1.807, 2.05) is 31.2 Å². The van der Waals surface area contributed by atoms with Crippen LogP contribution < -0.4 is 16.2 Å². The topological polar surface area (TPSA) is 78.3 Å². The summed E-state index contributed by atoms with van der Waals surface area (Å²) < 4.78 is 5.66. The van der Waals surface area contributed by atoms with Crippen molar-refractivity contribution in [3.63, 3.8) is 0 Å². The molecule has 4 nitrogen and oxygen atoms in total. The van der Waals surface area contributed by atoms with E-state index >= 15 is 0 Å². The Morgan fingerprint density at radius 3 is 2.32 bits per heavy atom. The summed E-state index contributed by atoms with van der Waals surface area (Å²) in [6.07, 6.45) is 0. The Kier molecular flexibility index (Phi) is 3.82. The molecule has 2 rings (SSSR count). The van der Waals surface area contributed by atoms with Crippen LogP contribution in [-0.4, -0.2) is 5.91 Å². The second kappa shape index (κ2) is 5.54. The Balaban J connectivity index is 2.24. The fourth-order valence-corrected chi connectivity index (χ4v) is 1.73. The molecule has 1 atom stereocenters. The molecule has 98 valence electrons. The highest BCUT2D eigenvalue weighted by Gasteiger charge is 2.09. The van der Waals surface area contributed by atoms with Crippen molar-refractivity contribution in [2.45, 2.75) is 13.0 Å². The number of carbonyl (C=O) groups excluding carboxylic acids is 1. The lowest BCUT2D eigenvalue weighted by molar-refractivity contribution is 0.0998. The van der Waals surface area contributed by atoms with Gasteiger partial charge in [0.05, 0.1) is 5.56 Å². The molecule has 2 aromatic carbocycles. The van der Waals surface area contributed by atoms with Gasteiger partial charge in [0.15, 0.2) is 0 Å². The second-order valence-corrected chi connectivity index (χ2v) is 4.32. The molecule has 0 saturated carbocycles. The molecule has 0 heterocycles. The smallest absolute Gasteiger partial charge is 0.252 e. The Bertz CT molecular complexity index is 577. The van der Waals surface area contributed by atoms with Crippen molar-refractivity contribution >= 4 is 5.91 Å². The molecule has 0 fully saturated rings. The number of benzene rings is 2. The molecule has 0 radical (unpaired) electrons. The number of primary amides is 1. The van der Waals surface area contributed by atoms with Crippen LogP contribution in [0.5, 0.6) is 11.5 Å². The van der Waals surface area contributed by atoms with Crippen LogP contribution in [0.25, 0.3) is 0 Å². The number of hydrogen-bond donors (Lipinski definition) is 2. The highest BCUT2D eigenvalue weighted by Crippen LogP contribution is 2.25. The Labute approximate surface area is 112 Å². The molecule has 0 aliphatic rings. The number of amides is 1. The van der Waals surface area contributed by atoms with Gasteiger partial charge in [0, 0.05) is 6.04 Å². The van der Waals surface area contributed by atoms with Crippen molar-refractivity contribution in [3.05, 3.63) is 59.7 Å². The first-order valence-electron chi connectivity index (χ1n) is 6.00. The molecule has 0 bridgehead atoms. The van der Waals surface area contributed by atoms with Gasteiger partial charge < -0.3 is 16.2 Å². The minimum absolute atomic E-state index is 0.0213. The average molecular weight is 256 g/mol. The minimum Gasteiger partial charge on any atom is -0.457 e. The summed E-state index contributed by atoms with van der Waals surface area (Å²) in [5.74, 6) is 0.574. The SMILES string of the molecule is C[C@H](N)c1ccc(Oc2ccccc2C(N)=O)cc1. The maximum atomic E-state index is 11.3. The molecule has 0 saturated heterocycles. The molecule has 0 aromatic heterocycles. The van der Waals surface area contributed by atoms with Crippen LogP contribution in [0.4, 0.5) is 0 Å². The zero-order valence-corrected chi connectivity index (χ0v) is 10.7. The van der Waals surface area contributed by atoms with Crippen LogP contribution >= 0.6 is 0 Å². The first kappa shape index (κ1) is 13.1. The predicted octanol–water partition coefficient (Wildman–Crippen LogP) is 2.60. The van der Waals surface area contributed by atoms with Crippen molar-refractivity contribution in [2.24, 2.45) is 11.5 Å². The fourth-order valence-electron chi connectivity index (χ4n) is 1.73. The van der Waals surface area contributed by atoms with Crippen molar-refractivity contribution in [2.75, 3.05) is 0 Å². The van der Waals surface area contributed by atoms with Gasteiger partial charge in [-0.1, -0.05) is 24.3 Å². The monoisotopic (exact) mass is 256 g/mol. The van der Waals surface area contributed by atoms with Crippen molar-refractivity contribution in [1.29, 1.82) is 0 Å². The van der Waals surface area contributed by atoms with Gasteiger partial charge in [-0.25, -0.2) is 0 Å². The molecular weight excluding hydrogens is 240 g/mol. The van der Waals surface area contributed by atoms with Gasteiger partial charge in [-0.05, 0) is 36.8 Å². The van der Waals surface area contributed by atoms with Gasteiger partial charge >= 0.3 is 0 Å². The van der Waals surface area contributed by atoms with Crippen LogP contribution in [0.1, 0.15) is 28.9 Å². The van der Waals surface area contributed by atoms with Crippen molar-refractivity contribution < 1.29 is 9.53 Å². The predicted molar refractivity (Wildman–Crippen MR) is 74.1 cm³/mol. The molecular formula is C15H16N2O2. The molecule has 0 aliphatic carbocycles. The third-order valence-corrected chi connectivity index (χ3v) is 2.79. The van der Waals surface area contributed by atoms with Crippen LogP contribution in [-0.2, 0) is 0 Å². The zero-order valence-electron chi connectivity index (χ0n) is 10.7. The zero-order chi connectivity index (χ0) is 13.8. The van der Waals surface area contributed by atoms with E-state index in [9.17, 15) is 4.79 Å². The van der Waals surface area contributed by atoms with Gasteiger partial charge in [-0.3, -0.25) is 4.79 Å². The molecule has 4 N–H and O–H groups in total. The van der Waals surface area contributed by atoms with E-state index in [-0.39, 0.29) is 6.04 Å². The maximum Gasteiger partial charge on any atom is 0.252 e. The van der Waals surface area contributed by atoms with Gasteiger partial charge in [0.25, 0.3) is 5.91 Å². The summed E-state index contributed by atoms with van der Waals surface area (Å²) in [5, 5.41) is 0. The largest absolute Gasteiger partial charge is 0.457 e. The van der Waals surface area contributed by atoms with Crippen LogP contribution in [0, 0.1) is 0 Å². The van der Waals surface area contributed by atoms with Crippen LogP contribution in [0.15, 0.2) is 48.5 Å². The standard InChI is InChI=1S/C15H16N2O2/c1-10(16)11-6-8-12(9-7-11)19-14-5-3-2-4-13(14)15(17)18/h2-10H,16H2,1H3,(H2,17,18)/t10-/m0/s1. The molecule has 0 spiro atoms. The number of nitrogens with two attached hydrogens (primary N) is 2. The quantitative estimate of drug-likeness (QED) is 0.882. The van der Waals surface area contributed by atoms with Crippen LogP contribution in [0.2, 0.25) is 0 Å². The third-order valence-electron chi connectivity index (χ3n) is 2.79. The highest BCUT2D eigenvalue weighted by molar-refractivity contribution is 5.95. The molecule has 19 heavy (non-hydrogen) atoms. The molecule has 0 aliphatic heterocycles. The van der Waals surface area contributed by atoms with E-state index < -0.39 is 5.91 Å². The van der Waals surface area contributed by atoms with Crippen molar-refractivity contribution in [1.82, 2.24) is 0 Å². The Hall–Kier alpha value is -2.33. The lowest BCUT2D eigenvalue weighted by Crippen LogP contribution is -2.12. The van der Waals surface area contributed by atoms with Gasteiger partial charge in [-0.15, -0.1) is 0 Å². The first-order chi connectivity index (χ1) is 9.08. The molecule has 4 heteroatoms.